The summed E-state index contributed by atoms with van der Waals surface area (Å²) in [6, 6.07) is 11.1. The molecule has 0 bridgehead atoms. The van der Waals surface area contributed by atoms with E-state index in [0.717, 1.165) is 0 Å². The first-order chi connectivity index (χ1) is 10.5. The summed E-state index contributed by atoms with van der Waals surface area (Å²) in [7, 11) is 1.63. The van der Waals surface area contributed by atoms with Gasteiger partial charge in [0.05, 0.1) is 16.0 Å². The number of benzene rings is 2. The molecule has 0 unspecified atom stereocenters. The Kier molecular flexibility index (Phi) is 3.10. The van der Waals surface area contributed by atoms with E-state index in [9.17, 15) is 14.9 Å². The van der Waals surface area contributed by atoms with Gasteiger partial charge in [0.2, 0.25) is 0 Å². The van der Waals surface area contributed by atoms with E-state index in [4.69, 9.17) is 5.73 Å². The van der Waals surface area contributed by atoms with E-state index in [1.54, 1.807) is 25.2 Å². The predicted octanol–water partition coefficient (Wildman–Crippen LogP) is 2.09. The van der Waals surface area contributed by atoms with Crippen molar-refractivity contribution in [2.45, 2.75) is 0 Å². The first-order valence-corrected chi connectivity index (χ1v) is 6.49. The van der Waals surface area contributed by atoms with E-state index in [0.29, 0.717) is 11.0 Å². The number of para-hydroxylation sites is 2. The molecule has 0 aliphatic carbocycles. The van der Waals surface area contributed by atoms with Crippen LogP contribution in [0.1, 0.15) is 0 Å². The van der Waals surface area contributed by atoms with Crippen molar-refractivity contribution in [3.63, 3.8) is 0 Å². The average Bonchev–Trinajstić information content (AvgIpc) is 2.51. The number of non-ortho nitro benzene ring substituents is 1. The van der Waals surface area contributed by atoms with Crippen LogP contribution in [0.5, 0.6) is 0 Å². The quantitative estimate of drug-likeness (QED) is 0.443. The summed E-state index contributed by atoms with van der Waals surface area (Å²) in [6.45, 7) is 0. The topological polar surface area (TPSA) is 104 Å². The van der Waals surface area contributed by atoms with Gasteiger partial charge in [-0.1, -0.05) is 12.1 Å². The van der Waals surface area contributed by atoms with Crippen LogP contribution in [0.3, 0.4) is 0 Å². The molecule has 0 aliphatic heterocycles. The number of aromatic nitrogens is 2. The molecule has 0 atom stereocenters. The number of nitro groups is 1. The number of nitrogens with zero attached hydrogens (tertiary/aromatic N) is 3. The molecule has 0 radical (unpaired) electrons. The average molecular weight is 296 g/mol. The molecule has 7 heteroatoms. The lowest BCUT2D eigenvalue weighted by atomic mass is 10.1. The Morgan fingerprint density at radius 3 is 2.68 bits per heavy atom. The van der Waals surface area contributed by atoms with Crippen LogP contribution >= 0.6 is 0 Å². The fourth-order valence-electron chi connectivity index (χ4n) is 2.32. The fourth-order valence-corrected chi connectivity index (χ4v) is 2.32. The van der Waals surface area contributed by atoms with Crippen LogP contribution in [0.4, 0.5) is 11.4 Å². The zero-order chi connectivity index (χ0) is 15.9. The molecule has 110 valence electrons. The Balaban J connectivity index is 2.36. The van der Waals surface area contributed by atoms with Gasteiger partial charge in [-0.15, -0.1) is 0 Å². The van der Waals surface area contributed by atoms with Gasteiger partial charge < -0.3 is 10.3 Å². The fraction of sp³-hybridized carbons (Fsp3) is 0.0667. The number of nitrogen functional groups attached to an aromatic ring is 1. The smallest absolute Gasteiger partial charge is 0.277 e. The largest absolute Gasteiger partial charge is 0.398 e. The van der Waals surface area contributed by atoms with Crippen LogP contribution < -0.4 is 11.3 Å². The molecule has 0 saturated heterocycles. The molecule has 0 aliphatic rings. The summed E-state index contributed by atoms with van der Waals surface area (Å²) >= 11 is 0. The maximum absolute atomic E-state index is 12.5. The molecule has 22 heavy (non-hydrogen) atoms. The van der Waals surface area contributed by atoms with E-state index in [1.807, 2.05) is 6.07 Å². The Morgan fingerprint density at radius 2 is 1.95 bits per heavy atom. The molecular weight excluding hydrogens is 284 g/mol. The lowest BCUT2D eigenvalue weighted by Gasteiger charge is -2.09. The minimum absolute atomic E-state index is 0.0994. The van der Waals surface area contributed by atoms with Crippen molar-refractivity contribution >= 4 is 22.4 Å². The molecule has 0 spiro atoms. The minimum atomic E-state index is -0.533. The third-order valence-electron chi connectivity index (χ3n) is 3.49. The predicted molar refractivity (Wildman–Crippen MR) is 83.5 cm³/mol. The van der Waals surface area contributed by atoms with Crippen molar-refractivity contribution in [2.75, 3.05) is 5.73 Å². The highest BCUT2D eigenvalue weighted by Crippen LogP contribution is 2.27. The van der Waals surface area contributed by atoms with Crippen molar-refractivity contribution in [1.29, 1.82) is 0 Å². The molecule has 2 aromatic carbocycles. The van der Waals surface area contributed by atoms with Gasteiger partial charge in [0.15, 0.2) is 0 Å². The number of aryl methyl sites for hydroxylation is 1. The molecule has 2 N–H and O–H groups in total. The highest BCUT2D eigenvalue weighted by atomic mass is 16.6. The number of hydrogen-bond acceptors (Lipinski definition) is 5. The molecule has 7 nitrogen and oxygen atoms in total. The first-order valence-electron chi connectivity index (χ1n) is 6.49. The van der Waals surface area contributed by atoms with Gasteiger partial charge in [0.1, 0.15) is 5.69 Å². The highest BCUT2D eigenvalue weighted by molar-refractivity contribution is 5.81. The second-order valence-corrected chi connectivity index (χ2v) is 4.84. The van der Waals surface area contributed by atoms with Crippen molar-refractivity contribution in [3.8, 4) is 11.3 Å². The molecule has 1 heterocycles. The van der Waals surface area contributed by atoms with Gasteiger partial charge in [-0.3, -0.25) is 14.9 Å². The van der Waals surface area contributed by atoms with Crippen LogP contribution in [-0.2, 0) is 7.05 Å². The van der Waals surface area contributed by atoms with Gasteiger partial charge in [-0.25, -0.2) is 4.98 Å². The second-order valence-electron chi connectivity index (χ2n) is 4.84. The van der Waals surface area contributed by atoms with Gasteiger partial charge >= 0.3 is 0 Å². The van der Waals surface area contributed by atoms with Crippen LogP contribution in [0.2, 0.25) is 0 Å². The van der Waals surface area contributed by atoms with Crippen LogP contribution in [0.15, 0.2) is 47.3 Å². The van der Waals surface area contributed by atoms with E-state index >= 15 is 0 Å². The Hall–Kier alpha value is -3.22. The van der Waals surface area contributed by atoms with Crippen molar-refractivity contribution in [3.05, 3.63) is 62.9 Å². The van der Waals surface area contributed by atoms with E-state index in [1.165, 1.54) is 22.8 Å². The number of fused-ring (bicyclic) bond motifs is 1. The lowest BCUT2D eigenvalue weighted by Crippen LogP contribution is -2.21. The molecule has 3 aromatic rings. The normalized spacial score (nSPS) is 10.8. The standard InChI is InChI=1S/C15H12N4O3/c1-18-13-5-3-2-4-12(13)17-14(15(18)20)10-8-9(19(21)22)6-7-11(10)16/h2-8H,16H2,1H3. The molecule has 1 aromatic heterocycles. The van der Waals surface area contributed by atoms with Gasteiger partial charge in [0, 0.05) is 30.4 Å². The monoisotopic (exact) mass is 296 g/mol. The molecule has 0 amide bonds. The Bertz CT molecular complexity index is 963. The van der Waals surface area contributed by atoms with Gasteiger partial charge in [-0.2, -0.15) is 0 Å². The van der Waals surface area contributed by atoms with Crippen LogP contribution in [0, 0.1) is 10.1 Å². The summed E-state index contributed by atoms with van der Waals surface area (Å²) in [5.74, 6) is 0. The molecular formula is C15H12N4O3. The molecule has 3 rings (SSSR count). The Morgan fingerprint density at radius 1 is 1.23 bits per heavy atom. The van der Waals surface area contributed by atoms with E-state index in [2.05, 4.69) is 4.98 Å². The molecule has 0 saturated carbocycles. The Labute approximate surface area is 124 Å². The number of anilines is 1. The third-order valence-corrected chi connectivity index (χ3v) is 3.49. The van der Waals surface area contributed by atoms with Crippen molar-refractivity contribution in [2.24, 2.45) is 7.05 Å². The van der Waals surface area contributed by atoms with Crippen molar-refractivity contribution in [1.82, 2.24) is 9.55 Å². The zero-order valence-electron chi connectivity index (χ0n) is 11.7. The summed E-state index contributed by atoms with van der Waals surface area (Å²) in [6.07, 6.45) is 0. The van der Waals surface area contributed by atoms with Crippen molar-refractivity contribution < 1.29 is 4.92 Å². The zero-order valence-corrected chi connectivity index (χ0v) is 11.7. The van der Waals surface area contributed by atoms with Gasteiger partial charge in [-0.05, 0) is 18.2 Å². The third kappa shape index (κ3) is 2.08. The molecule has 0 fully saturated rings. The van der Waals surface area contributed by atoms with Crippen LogP contribution in [-0.4, -0.2) is 14.5 Å². The summed E-state index contributed by atoms with van der Waals surface area (Å²) in [5.41, 5.74) is 7.31. The minimum Gasteiger partial charge on any atom is -0.398 e. The van der Waals surface area contributed by atoms with E-state index < -0.39 is 4.92 Å². The lowest BCUT2D eigenvalue weighted by molar-refractivity contribution is -0.384. The second kappa shape index (κ2) is 4.96. The van der Waals surface area contributed by atoms with Gasteiger partial charge in [0.25, 0.3) is 11.2 Å². The maximum Gasteiger partial charge on any atom is 0.277 e. The number of nitrogens with two attached hydrogens (primary N) is 1. The maximum atomic E-state index is 12.5. The number of nitro benzene ring substituents is 1. The van der Waals surface area contributed by atoms with E-state index in [-0.39, 0.29) is 28.2 Å². The SMILES string of the molecule is Cn1c(=O)c(-c2cc([N+](=O)[O-])ccc2N)nc2ccccc21. The summed E-state index contributed by atoms with van der Waals surface area (Å²) < 4.78 is 1.45. The summed E-state index contributed by atoms with van der Waals surface area (Å²) in [5, 5.41) is 10.9. The van der Waals surface area contributed by atoms with Crippen LogP contribution in [0.25, 0.3) is 22.3 Å². The number of hydrogen-bond donors (Lipinski definition) is 1. The highest BCUT2D eigenvalue weighted by Gasteiger charge is 2.16. The number of rotatable bonds is 2. The summed E-state index contributed by atoms with van der Waals surface area (Å²) in [4.78, 5) is 27.2. The first kappa shape index (κ1) is 13.7.